The van der Waals surface area contributed by atoms with E-state index in [4.69, 9.17) is 4.74 Å². The number of nitriles is 1. The van der Waals surface area contributed by atoms with Crippen LogP contribution in [0.4, 0.5) is 5.69 Å². The number of ether oxygens (including phenoxy) is 2. The Hall–Kier alpha value is -2.86. The summed E-state index contributed by atoms with van der Waals surface area (Å²) in [4.78, 5) is 23.7. The quantitative estimate of drug-likeness (QED) is 0.286. The maximum Gasteiger partial charge on any atom is 0.343 e. The van der Waals surface area contributed by atoms with Crippen LogP contribution in [0.3, 0.4) is 0 Å². The summed E-state index contributed by atoms with van der Waals surface area (Å²) in [5, 5.41) is 12.2. The third-order valence-electron chi connectivity index (χ3n) is 3.85. The number of aryl methyl sites for hydroxylation is 2. The molecule has 2 aromatic rings. The first-order valence-electron chi connectivity index (χ1n) is 8.33. The van der Waals surface area contributed by atoms with Crippen LogP contribution in [0.15, 0.2) is 42.0 Å². The summed E-state index contributed by atoms with van der Waals surface area (Å²) in [5.41, 5.74) is 3.26. The molecule has 0 atom stereocenters. The summed E-state index contributed by atoms with van der Waals surface area (Å²) in [6.07, 6.45) is 1.51. The van der Waals surface area contributed by atoms with E-state index in [9.17, 15) is 14.9 Å². The van der Waals surface area contributed by atoms with Gasteiger partial charge in [0.2, 0.25) is 0 Å². The molecule has 144 valence electrons. The molecule has 2 aromatic carbocycles. The lowest BCUT2D eigenvalue weighted by Gasteiger charge is -2.09. The summed E-state index contributed by atoms with van der Waals surface area (Å²) >= 11 is 2.06. The average molecular weight is 490 g/mol. The summed E-state index contributed by atoms with van der Waals surface area (Å²) in [7, 11) is 1.29. The minimum atomic E-state index is -0.477. The first kappa shape index (κ1) is 21.4. The van der Waals surface area contributed by atoms with Crippen LogP contribution in [0.1, 0.15) is 16.7 Å². The summed E-state index contributed by atoms with van der Waals surface area (Å²) in [6.45, 7) is 3.63. The molecule has 0 spiro atoms. The lowest BCUT2D eigenvalue weighted by Crippen LogP contribution is -2.14. The van der Waals surface area contributed by atoms with Gasteiger partial charge >= 0.3 is 5.97 Å². The Kier molecular flexibility index (Phi) is 7.58. The minimum Gasteiger partial charge on any atom is -0.481 e. The lowest BCUT2D eigenvalue weighted by molar-refractivity contribution is -0.142. The van der Waals surface area contributed by atoms with Crippen LogP contribution in [0.2, 0.25) is 0 Å². The van der Waals surface area contributed by atoms with Crippen molar-refractivity contribution in [3.8, 4) is 11.8 Å². The SMILES string of the molecule is COC(=O)COc1ccc(/C=C(\C#N)C(=O)Nc2cc(C)ccc2C)cc1I. The smallest absolute Gasteiger partial charge is 0.343 e. The second-order valence-electron chi connectivity index (χ2n) is 6.00. The number of methoxy groups -OCH3 is 1. The molecule has 0 saturated carbocycles. The van der Waals surface area contributed by atoms with Crippen LogP contribution < -0.4 is 10.1 Å². The first-order valence-corrected chi connectivity index (χ1v) is 9.41. The number of hydrogen-bond donors (Lipinski definition) is 1. The van der Waals surface area contributed by atoms with E-state index >= 15 is 0 Å². The highest BCUT2D eigenvalue weighted by Gasteiger charge is 2.12. The van der Waals surface area contributed by atoms with Gasteiger partial charge in [-0.15, -0.1) is 0 Å². The average Bonchev–Trinajstić information content (AvgIpc) is 2.67. The number of halogens is 1. The molecule has 0 fully saturated rings. The van der Waals surface area contributed by atoms with Crippen molar-refractivity contribution in [2.75, 3.05) is 19.0 Å². The van der Waals surface area contributed by atoms with Crippen LogP contribution in [-0.4, -0.2) is 25.6 Å². The van der Waals surface area contributed by atoms with Gasteiger partial charge in [0, 0.05) is 5.69 Å². The predicted octanol–water partition coefficient (Wildman–Crippen LogP) is 4.01. The Bertz CT molecular complexity index is 977. The zero-order valence-corrected chi connectivity index (χ0v) is 17.9. The predicted molar refractivity (Wildman–Crippen MR) is 115 cm³/mol. The fourth-order valence-electron chi connectivity index (χ4n) is 2.29. The van der Waals surface area contributed by atoms with E-state index < -0.39 is 11.9 Å². The Balaban J connectivity index is 2.18. The normalized spacial score (nSPS) is 10.8. The largest absolute Gasteiger partial charge is 0.481 e. The van der Waals surface area contributed by atoms with E-state index in [1.807, 2.05) is 38.1 Å². The molecule has 0 aliphatic carbocycles. The van der Waals surface area contributed by atoms with E-state index in [0.717, 1.165) is 14.7 Å². The van der Waals surface area contributed by atoms with Gasteiger partial charge in [-0.3, -0.25) is 4.79 Å². The van der Waals surface area contributed by atoms with E-state index in [2.05, 4.69) is 32.6 Å². The van der Waals surface area contributed by atoms with Gasteiger partial charge in [-0.05, 0) is 77.4 Å². The van der Waals surface area contributed by atoms with Crippen LogP contribution in [-0.2, 0) is 14.3 Å². The van der Waals surface area contributed by atoms with Gasteiger partial charge in [-0.1, -0.05) is 18.2 Å². The molecule has 1 amide bonds. The molecular weight excluding hydrogens is 471 g/mol. The van der Waals surface area contributed by atoms with Crippen molar-refractivity contribution >= 4 is 46.2 Å². The number of anilines is 1. The van der Waals surface area contributed by atoms with Crippen LogP contribution in [0, 0.1) is 28.7 Å². The monoisotopic (exact) mass is 490 g/mol. The molecule has 0 saturated heterocycles. The van der Waals surface area contributed by atoms with Crippen molar-refractivity contribution in [3.63, 3.8) is 0 Å². The fraction of sp³-hybridized carbons (Fsp3) is 0.190. The van der Waals surface area contributed by atoms with Gasteiger partial charge in [-0.2, -0.15) is 5.26 Å². The van der Waals surface area contributed by atoms with Crippen molar-refractivity contribution in [3.05, 3.63) is 62.2 Å². The summed E-state index contributed by atoms with van der Waals surface area (Å²) in [6, 6.07) is 12.8. The number of nitrogens with one attached hydrogen (secondary N) is 1. The van der Waals surface area contributed by atoms with E-state index in [1.165, 1.54) is 13.2 Å². The Morgan fingerprint density at radius 1 is 1.21 bits per heavy atom. The number of nitrogens with zero attached hydrogens (tertiary/aromatic N) is 1. The zero-order valence-electron chi connectivity index (χ0n) is 15.7. The molecule has 0 unspecified atom stereocenters. The van der Waals surface area contributed by atoms with Crippen molar-refractivity contribution in [1.82, 2.24) is 0 Å². The van der Waals surface area contributed by atoms with E-state index in [-0.39, 0.29) is 12.2 Å². The minimum absolute atomic E-state index is 0.0139. The van der Waals surface area contributed by atoms with Gasteiger partial charge in [0.05, 0.1) is 10.7 Å². The second kappa shape index (κ2) is 9.90. The zero-order chi connectivity index (χ0) is 20.7. The maximum absolute atomic E-state index is 12.5. The number of rotatable bonds is 6. The van der Waals surface area contributed by atoms with Gasteiger partial charge in [0.15, 0.2) is 6.61 Å². The molecule has 0 bridgehead atoms. The van der Waals surface area contributed by atoms with Crippen molar-refractivity contribution < 1.29 is 19.1 Å². The molecule has 7 heteroatoms. The van der Waals surface area contributed by atoms with Gasteiger partial charge < -0.3 is 14.8 Å². The Morgan fingerprint density at radius 2 is 1.96 bits per heavy atom. The number of carbonyl (C=O) groups is 2. The number of amides is 1. The third-order valence-corrected chi connectivity index (χ3v) is 4.69. The molecule has 6 nitrogen and oxygen atoms in total. The summed E-state index contributed by atoms with van der Waals surface area (Å²) in [5.74, 6) is -0.437. The molecule has 0 heterocycles. The molecular formula is C21H19IN2O4. The fourth-order valence-corrected chi connectivity index (χ4v) is 2.99. The molecule has 1 N–H and O–H groups in total. The first-order chi connectivity index (χ1) is 13.3. The van der Waals surface area contributed by atoms with Crippen molar-refractivity contribution in [1.29, 1.82) is 5.26 Å². The van der Waals surface area contributed by atoms with Crippen LogP contribution in [0.5, 0.6) is 5.75 Å². The Morgan fingerprint density at radius 3 is 2.61 bits per heavy atom. The van der Waals surface area contributed by atoms with Crippen LogP contribution in [0.25, 0.3) is 6.08 Å². The molecule has 0 aliphatic rings. The number of hydrogen-bond acceptors (Lipinski definition) is 5. The van der Waals surface area contributed by atoms with Gasteiger partial charge in [0.1, 0.15) is 17.4 Å². The number of benzene rings is 2. The second-order valence-corrected chi connectivity index (χ2v) is 7.16. The third kappa shape index (κ3) is 5.82. The topological polar surface area (TPSA) is 88.4 Å². The summed E-state index contributed by atoms with van der Waals surface area (Å²) < 4.78 is 10.7. The number of carbonyl (C=O) groups excluding carboxylic acids is 2. The maximum atomic E-state index is 12.5. The molecule has 2 rings (SSSR count). The van der Waals surface area contributed by atoms with Crippen LogP contribution >= 0.6 is 22.6 Å². The molecule has 0 radical (unpaired) electrons. The van der Waals surface area contributed by atoms with Gasteiger partial charge in [0.25, 0.3) is 5.91 Å². The van der Waals surface area contributed by atoms with Crippen molar-refractivity contribution in [2.45, 2.75) is 13.8 Å². The highest BCUT2D eigenvalue weighted by molar-refractivity contribution is 14.1. The molecule has 0 aliphatic heterocycles. The van der Waals surface area contributed by atoms with E-state index in [1.54, 1.807) is 18.2 Å². The molecule has 0 aromatic heterocycles. The van der Waals surface area contributed by atoms with E-state index in [0.29, 0.717) is 17.0 Å². The van der Waals surface area contributed by atoms with Gasteiger partial charge in [-0.25, -0.2) is 4.79 Å². The standard InChI is InChI=1S/C21H19IN2O4/c1-13-4-5-14(2)18(8-13)24-21(26)16(11-23)9-15-6-7-19(17(22)10-15)28-12-20(25)27-3/h4-10H,12H2,1-3H3,(H,24,26)/b16-9+. The number of esters is 1. The molecule has 28 heavy (non-hydrogen) atoms. The van der Waals surface area contributed by atoms with Crippen molar-refractivity contribution in [2.24, 2.45) is 0 Å². The Labute approximate surface area is 177 Å². The highest BCUT2D eigenvalue weighted by atomic mass is 127. The lowest BCUT2D eigenvalue weighted by atomic mass is 10.1. The highest BCUT2D eigenvalue weighted by Crippen LogP contribution is 2.24.